The molecular weight excluding hydrogens is 416 g/mol. The van der Waals surface area contributed by atoms with Crippen molar-refractivity contribution in [2.75, 3.05) is 18.5 Å². The van der Waals surface area contributed by atoms with Crippen LogP contribution in [0, 0.1) is 18.3 Å². The van der Waals surface area contributed by atoms with Gasteiger partial charge in [-0.15, -0.1) is 11.3 Å². The highest BCUT2D eigenvalue weighted by Crippen LogP contribution is 2.52. The van der Waals surface area contributed by atoms with Gasteiger partial charge in [-0.3, -0.25) is 9.59 Å². The van der Waals surface area contributed by atoms with Gasteiger partial charge in [-0.2, -0.15) is 0 Å². The molecule has 2 saturated heterocycles. The van der Waals surface area contributed by atoms with Crippen LogP contribution in [-0.4, -0.2) is 36.2 Å². The number of hydrogen-bond donors (Lipinski definition) is 1. The van der Waals surface area contributed by atoms with Crippen molar-refractivity contribution in [1.82, 2.24) is 4.98 Å². The fraction of sp³-hybridized carbons (Fsp3) is 0.522. The molecule has 2 aliphatic heterocycles. The molecule has 2 aliphatic rings. The molecule has 0 saturated carbocycles. The van der Waals surface area contributed by atoms with Gasteiger partial charge < -0.3 is 19.5 Å². The van der Waals surface area contributed by atoms with Gasteiger partial charge in [0.15, 0.2) is 16.1 Å². The number of cyclic esters (lactones) is 2. The molecule has 2 aromatic rings. The summed E-state index contributed by atoms with van der Waals surface area (Å²) < 4.78 is 16.8. The Kier molecular flexibility index (Phi) is 5.79. The number of ether oxygens (including phenoxy) is 3. The van der Waals surface area contributed by atoms with E-state index in [0.29, 0.717) is 23.4 Å². The zero-order valence-corrected chi connectivity index (χ0v) is 19.1. The van der Waals surface area contributed by atoms with E-state index in [4.69, 9.17) is 14.2 Å². The molecule has 2 fully saturated rings. The molecule has 1 spiro atoms. The number of hydrogen-bond acceptors (Lipinski definition) is 8. The molecule has 4 rings (SSSR count). The maximum absolute atomic E-state index is 12.9. The number of nitrogens with one attached hydrogen (secondary N) is 1. The minimum absolute atomic E-state index is 0.214. The van der Waals surface area contributed by atoms with Gasteiger partial charge in [-0.25, -0.2) is 4.98 Å². The Balaban J connectivity index is 1.46. The second kappa shape index (κ2) is 8.24. The van der Waals surface area contributed by atoms with Gasteiger partial charge in [0.05, 0.1) is 12.3 Å². The van der Waals surface area contributed by atoms with E-state index in [1.807, 2.05) is 36.6 Å². The first-order valence-corrected chi connectivity index (χ1v) is 11.4. The van der Waals surface area contributed by atoms with Crippen LogP contribution in [0.1, 0.15) is 44.9 Å². The molecule has 31 heavy (non-hydrogen) atoms. The normalized spacial score (nSPS) is 27.7. The summed E-state index contributed by atoms with van der Waals surface area (Å²) >= 11 is 1.43. The van der Waals surface area contributed by atoms with Crippen LogP contribution < -0.4 is 5.32 Å². The van der Waals surface area contributed by atoms with E-state index in [1.54, 1.807) is 6.92 Å². The molecular formula is C23H28N2O5S. The van der Waals surface area contributed by atoms with Crippen molar-refractivity contribution < 1.29 is 23.8 Å². The van der Waals surface area contributed by atoms with Crippen LogP contribution in [0.5, 0.6) is 0 Å². The lowest BCUT2D eigenvalue weighted by Crippen LogP contribution is -2.32. The number of esters is 2. The SMILES string of the molecule is Cc1ccc(Nc2nc(C3(C)C[C@]4(CC(COCC(C)C)OC4=O)C(=O)O3)cs2)cc1. The molecule has 7 nitrogen and oxygen atoms in total. The Hall–Kier alpha value is -2.45. The summed E-state index contributed by atoms with van der Waals surface area (Å²) in [6.45, 7) is 8.82. The number of rotatable bonds is 7. The fourth-order valence-corrected chi connectivity index (χ4v) is 4.93. The summed E-state index contributed by atoms with van der Waals surface area (Å²) in [6.07, 6.45) is 0.0542. The number of carbonyl (C=O) groups excluding carboxylic acids is 2. The molecule has 0 aliphatic carbocycles. The van der Waals surface area contributed by atoms with Gasteiger partial charge >= 0.3 is 11.9 Å². The van der Waals surface area contributed by atoms with Gasteiger partial charge in [0.1, 0.15) is 6.10 Å². The Labute approximate surface area is 186 Å². The molecule has 2 unspecified atom stereocenters. The number of carbonyl (C=O) groups is 2. The molecule has 1 aromatic carbocycles. The van der Waals surface area contributed by atoms with Crippen molar-refractivity contribution in [3.8, 4) is 0 Å². The fourth-order valence-electron chi connectivity index (χ4n) is 4.08. The number of nitrogens with zero attached hydrogens (tertiary/aromatic N) is 1. The zero-order chi connectivity index (χ0) is 22.2. The lowest BCUT2D eigenvalue weighted by Gasteiger charge is -2.20. The predicted molar refractivity (Wildman–Crippen MR) is 117 cm³/mol. The molecule has 3 atom stereocenters. The second-order valence-electron chi connectivity index (χ2n) is 9.07. The van der Waals surface area contributed by atoms with Crippen molar-refractivity contribution in [2.45, 2.75) is 52.2 Å². The summed E-state index contributed by atoms with van der Waals surface area (Å²) in [5.74, 6) is -0.668. The first-order valence-electron chi connectivity index (χ1n) is 10.5. The number of thiazole rings is 1. The minimum Gasteiger partial charge on any atom is -0.459 e. The first-order chi connectivity index (χ1) is 14.7. The largest absolute Gasteiger partial charge is 0.459 e. The van der Waals surface area contributed by atoms with E-state index in [1.165, 1.54) is 16.9 Å². The lowest BCUT2D eigenvalue weighted by molar-refractivity contribution is -0.160. The van der Waals surface area contributed by atoms with Gasteiger partial charge in [0.25, 0.3) is 0 Å². The highest BCUT2D eigenvalue weighted by molar-refractivity contribution is 7.13. The van der Waals surface area contributed by atoms with E-state index in [-0.39, 0.29) is 19.4 Å². The predicted octanol–water partition coefficient (Wildman–Crippen LogP) is 4.33. The Morgan fingerprint density at radius 3 is 2.71 bits per heavy atom. The molecule has 0 bridgehead atoms. The lowest BCUT2D eigenvalue weighted by atomic mass is 9.78. The zero-order valence-electron chi connectivity index (χ0n) is 18.3. The van der Waals surface area contributed by atoms with Crippen molar-refractivity contribution in [3.63, 3.8) is 0 Å². The standard InChI is InChI=1S/C23H28N2O5S/c1-14(2)10-28-11-17-9-23(19(26)29-17)13-22(4,30-20(23)27)18-12-31-21(25-18)24-16-7-5-15(3)6-8-16/h5-8,12,14,17H,9-11,13H2,1-4H3,(H,24,25)/t17?,22?,23-/m0/s1. The highest BCUT2D eigenvalue weighted by atomic mass is 32.1. The molecule has 1 aromatic heterocycles. The quantitative estimate of drug-likeness (QED) is 0.502. The van der Waals surface area contributed by atoms with E-state index in [9.17, 15) is 9.59 Å². The number of anilines is 2. The van der Waals surface area contributed by atoms with Crippen molar-refractivity contribution in [2.24, 2.45) is 11.3 Å². The molecule has 1 N–H and O–H groups in total. The van der Waals surface area contributed by atoms with E-state index in [2.05, 4.69) is 24.1 Å². The van der Waals surface area contributed by atoms with Gasteiger partial charge in [-0.05, 0) is 31.9 Å². The minimum atomic E-state index is -1.28. The summed E-state index contributed by atoms with van der Waals surface area (Å²) in [6, 6.07) is 8.01. The summed E-state index contributed by atoms with van der Waals surface area (Å²) in [5, 5.41) is 5.84. The van der Waals surface area contributed by atoms with E-state index < -0.39 is 29.1 Å². The average molecular weight is 445 g/mol. The van der Waals surface area contributed by atoms with Crippen LogP contribution >= 0.6 is 11.3 Å². The third-order valence-electron chi connectivity index (χ3n) is 5.69. The monoisotopic (exact) mass is 444 g/mol. The summed E-state index contributed by atoms with van der Waals surface area (Å²) in [5.41, 5.74) is 0.477. The third kappa shape index (κ3) is 4.32. The van der Waals surface area contributed by atoms with E-state index >= 15 is 0 Å². The van der Waals surface area contributed by atoms with Crippen LogP contribution in [0.4, 0.5) is 10.8 Å². The van der Waals surface area contributed by atoms with Crippen molar-refractivity contribution in [3.05, 3.63) is 40.9 Å². The second-order valence-corrected chi connectivity index (χ2v) is 9.93. The number of aromatic nitrogens is 1. The topological polar surface area (TPSA) is 86.8 Å². The molecule has 166 valence electrons. The van der Waals surface area contributed by atoms with Crippen LogP contribution in [0.25, 0.3) is 0 Å². The van der Waals surface area contributed by atoms with Gasteiger partial charge in [-0.1, -0.05) is 31.5 Å². The summed E-state index contributed by atoms with van der Waals surface area (Å²) in [7, 11) is 0. The van der Waals surface area contributed by atoms with Crippen molar-refractivity contribution in [1.29, 1.82) is 0 Å². The molecule has 0 radical (unpaired) electrons. The van der Waals surface area contributed by atoms with Crippen LogP contribution in [0.2, 0.25) is 0 Å². The Morgan fingerprint density at radius 1 is 1.26 bits per heavy atom. The maximum Gasteiger partial charge on any atom is 0.324 e. The highest BCUT2D eigenvalue weighted by Gasteiger charge is 2.65. The smallest absolute Gasteiger partial charge is 0.324 e. The van der Waals surface area contributed by atoms with Gasteiger partial charge in [0.2, 0.25) is 0 Å². The summed E-state index contributed by atoms with van der Waals surface area (Å²) in [4.78, 5) is 30.2. The van der Waals surface area contributed by atoms with Crippen LogP contribution in [0.3, 0.4) is 0 Å². The van der Waals surface area contributed by atoms with Crippen molar-refractivity contribution >= 4 is 34.1 Å². The maximum atomic E-state index is 12.9. The average Bonchev–Trinajstić information content (AvgIpc) is 3.36. The molecule has 8 heteroatoms. The van der Waals surface area contributed by atoms with E-state index in [0.717, 1.165) is 5.69 Å². The first kappa shape index (κ1) is 21.8. The van der Waals surface area contributed by atoms with Gasteiger partial charge in [0, 0.05) is 30.5 Å². The molecule has 0 amide bonds. The third-order valence-corrected chi connectivity index (χ3v) is 6.45. The molecule has 3 heterocycles. The Bertz CT molecular complexity index is 973. The number of benzene rings is 1. The Morgan fingerprint density at radius 2 is 2.00 bits per heavy atom. The van der Waals surface area contributed by atoms with Crippen LogP contribution in [-0.2, 0) is 29.4 Å². The number of aryl methyl sites for hydroxylation is 1. The van der Waals surface area contributed by atoms with Crippen LogP contribution in [0.15, 0.2) is 29.6 Å².